The Morgan fingerprint density at radius 1 is 0.338 bits per heavy atom. The van der Waals surface area contributed by atoms with E-state index in [-0.39, 0.29) is 200 Å². The van der Waals surface area contributed by atoms with Crippen molar-refractivity contribution < 1.29 is 272 Å². The molecule has 0 saturated carbocycles. The first-order valence-electron chi connectivity index (χ1n) is 16.2. The van der Waals surface area contributed by atoms with Crippen molar-refractivity contribution in [3.8, 4) is 63.2 Å². The fourth-order valence-corrected chi connectivity index (χ4v) is 6.21. The van der Waals surface area contributed by atoms with Crippen LogP contribution >= 0.6 is 23.5 Å². The average molecular weight is 1020 g/mol. The molecule has 0 amide bonds. The Hall–Kier alpha value is 0.610. The van der Waals surface area contributed by atoms with Crippen LogP contribution in [0.4, 0.5) is 0 Å². The standard InChI is InChI=1S/C18H22O12P2.C18H21O8P.6Na/c1-25-13-8-7-12(16(29-31(19,20)21)18(13)30-32(22,23)24)6-5-11-9-14(26-2)17(28-4)15(10-11)27-3;1-22-14-8-7-12(9-15(14)26-27(19,20)21)5-6-13-10-16(23-2)18(25-4)17(11-13)24-3;;;;;;/h5-10H,1-4H3,(H2,19,20,21)(H2,22,23,24);5-11H,1-4H3,(H2,19,20,21);;;;;;/q;;6*+1/p-6/b2*6-5-;;;;;;. The quantitative estimate of drug-likeness (QED) is 0.0508. The molecule has 0 aliphatic rings. The Balaban J connectivity index is -0.000000530. The molecule has 65 heavy (non-hydrogen) atoms. The van der Waals surface area contributed by atoms with E-state index in [2.05, 4.69) is 13.6 Å². The SMILES string of the molecule is COc1cc(/C=C\c2ccc(OC)c(OP(=O)([O-])[O-])c2OP(=O)([O-])[O-])cc(OC)c1OC.COc1ccc(/C=C\c2cc(OC)c(OC)c(OC)c2)cc1OP(=O)([O-])[O-].[Na+].[Na+].[Na+].[Na+].[Na+].[Na+]. The Labute approximate surface area is 509 Å². The van der Waals surface area contributed by atoms with Gasteiger partial charge >= 0.3 is 177 Å². The molecule has 0 spiro atoms. The van der Waals surface area contributed by atoms with Gasteiger partial charge in [0.1, 0.15) is 23.5 Å². The number of phosphoric acid groups is 3. The maximum Gasteiger partial charge on any atom is 1.00 e. The van der Waals surface area contributed by atoms with E-state index in [1.165, 1.54) is 86.2 Å². The van der Waals surface area contributed by atoms with Gasteiger partial charge in [-0.3, -0.25) is 0 Å². The van der Waals surface area contributed by atoms with Crippen LogP contribution in [0.25, 0.3) is 24.3 Å². The van der Waals surface area contributed by atoms with Gasteiger partial charge < -0.3 is 94.5 Å². The normalized spacial score (nSPS) is 10.6. The van der Waals surface area contributed by atoms with Crippen molar-refractivity contribution in [3.63, 3.8) is 0 Å². The van der Waals surface area contributed by atoms with Gasteiger partial charge in [-0.15, -0.1) is 0 Å². The summed E-state index contributed by atoms with van der Waals surface area (Å²) in [7, 11) is -5.33. The molecule has 322 valence electrons. The van der Waals surface area contributed by atoms with Crippen LogP contribution in [0.15, 0.2) is 54.6 Å². The van der Waals surface area contributed by atoms with Crippen molar-refractivity contribution in [1.29, 1.82) is 0 Å². The van der Waals surface area contributed by atoms with Gasteiger partial charge in [0, 0.05) is 5.56 Å². The van der Waals surface area contributed by atoms with Crippen LogP contribution in [-0.2, 0) is 13.7 Å². The van der Waals surface area contributed by atoms with Crippen LogP contribution in [0, 0.1) is 0 Å². The molecule has 0 aliphatic heterocycles. The van der Waals surface area contributed by atoms with E-state index < -0.39 is 35.0 Å². The maximum absolute atomic E-state index is 11.2. The largest absolute Gasteiger partial charge is 1.00 e. The second-order valence-electron chi connectivity index (χ2n) is 11.1. The van der Waals surface area contributed by atoms with E-state index in [0.29, 0.717) is 45.6 Å². The molecule has 0 heterocycles. The van der Waals surface area contributed by atoms with Crippen LogP contribution in [0.2, 0.25) is 0 Å². The molecular weight excluding hydrogens is 983 g/mol. The van der Waals surface area contributed by atoms with E-state index in [1.807, 2.05) is 0 Å². The molecule has 0 saturated heterocycles. The summed E-state index contributed by atoms with van der Waals surface area (Å²) in [4.78, 5) is 66.5. The smallest absolute Gasteiger partial charge is 0.780 e. The minimum Gasteiger partial charge on any atom is -0.780 e. The third-order valence-electron chi connectivity index (χ3n) is 7.43. The fraction of sp³-hybridized carbons (Fsp3) is 0.222. The summed E-state index contributed by atoms with van der Waals surface area (Å²) >= 11 is 0. The van der Waals surface area contributed by atoms with Gasteiger partial charge in [-0.25, -0.2) is 0 Å². The van der Waals surface area contributed by atoms with Gasteiger partial charge in [-0.05, 0) is 65.2 Å². The van der Waals surface area contributed by atoms with Gasteiger partial charge in [0.2, 0.25) is 17.2 Å². The summed E-state index contributed by atoms with van der Waals surface area (Å²) in [6.45, 7) is 0. The molecule has 0 atom stereocenters. The summed E-state index contributed by atoms with van der Waals surface area (Å²) in [6.07, 6.45) is 6.17. The Bertz CT molecular complexity index is 2250. The van der Waals surface area contributed by atoms with Crippen molar-refractivity contribution in [3.05, 3.63) is 76.9 Å². The van der Waals surface area contributed by atoms with Crippen LogP contribution in [0.1, 0.15) is 22.3 Å². The van der Waals surface area contributed by atoms with Gasteiger partial charge in [-0.1, -0.05) is 30.4 Å². The molecule has 0 unspecified atom stereocenters. The van der Waals surface area contributed by atoms with Gasteiger partial charge in [0.05, 0.1) is 56.9 Å². The zero-order valence-corrected chi connectivity index (χ0v) is 53.2. The molecule has 0 aromatic heterocycles. The van der Waals surface area contributed by atoms with Crippen molar-refractivity contribution in [2.24, 2.45) is 0 Å². The summed E-state index contributed by atoms with van der Waals surface area (Å²) in [5, 5.41) is 0. The van der Waals surface area contributed by atoms with Crippen LogP contribution in [-0.4, -0.2) is 56.9 Å². The Kier molecular flexibility index (Phi) is 37.8. The number of methoxy groups -OCH3 is 8. The van der Waals surface area contributed by atoms with Crippen molar-refractivity contribution in [2.75, 3.05) is 56.9 Å². The molecule has 0 fully saturated rings. The first kappa shape index (κ1) is 72.2. The summed E-state index contributed by atoms with van der Waals surface area (Å²) in [5.41, 5.74) is 1.71. The Morgan fingerprint density at radius 2 is 0.662 bits per heavy atom. The molecule has 0 bridgehead atoms. The van der Waals surface area contributed by atoms with E-state index in [0.717, 1.165) is 12.7 Å². The average Bonchev–Trinajstić information content (AvgIpc) is 3.17. The minimum atomic E-state index is -5.69. The Morgan fingerprint density at radius 3 is 1.02 bits per heavy atom. The van der Waals surface area contributed by atoms with E-state index in [9.17, 15) is 43.1 Å². The predicted octanol–water partition coefficient (Wildman–Crippen LogP) is -15.6. The number of ether oxygens (including phenoxy) is 8. The van der Waals surface area contributed by atoms with Crippen molar-refractivity contribution in [2.45, 2.75) is 0 Å². The number of hydrogen-bond acceptors (Lipinski definition) is 20. The molecule has 0 aliphatic carbocycles. The minimum absolute atomic E-state index is 0. The number of benzene rings is 4. The maximum atomic E-state index is 11.2. The molecular formula is C36H37Na6O20P3. The van der Waals surface area contributed by atoms with E-state index in [4.69, 9.17) is 37.9 Å². The van der Waals surface area contributed by atoms with E-state index >= 15 is 0 Å². The van der Waals surface area contributed by atoms with Gasteiger partial charge in [0.25, 0.3) is 0 Å². The molecule has 29 heteroatoms. The zero-order chi connectivity index (χ0) is 44.1. The predicted molar refractivity (Wildman–Crippen MR) is 201 cm³/mol. The molecule has 0 radical (unpaired) electrons. The fourth-order valence-electron chi connectivity index (χ4n) is 5.02. The third-order valence-corrected chi connectivity index (χ3v) is 8.66. The molecule has 4 aromatic carbocycles. The molecule has 0 N–H and O–H groups in total. The topological polar surface area (TPSA) is 291 Å². The number of hydrogen-bond donors (Lipinski definition) is 0. The molecule has 4 rings (SSSR count). The molecule has 4 aromatic rings. The second-order valence-corrected chi connectivity index (χ2v) is 14.4. The summed E-state index contributed by atoms with van der Waals surface area (Å²) in [6, 6.07) is 13.6. The van der Waals surface area contributed by atoms with Crippen LogP contribution in [0.3, 0.4) is 0 Å². The van der Waals surface area contributed by atoms with E-state index in [1.54, 1.807) is 42.5 Å². The monoisotopic (exact) mass is 1020 g/mol. The number of phosphoric ester groups is 3. The first-order chi connectivity index (χ1) is 27.7. The third kappa shape index (κ3) is 23.6. The van der Waals surface area contributed by atoms with Crippen LogP contribution in [0.5, 0.6) is 63.2 Å². The zero-order valence-electron chi connectivity index (χ0n) is 38.5. The van der Waals surface area contributed by atoms with Crippen molar-refractivity contribution in [1.82, 2.24) is 0 Å². The second kappa shape index (κ2) is 34.1. The van der Waals surface area contributed by atoms with Gasteiger partial charge in [-0.2, -0.15) is 0 Å². The van der Waals surface area contributed by atoms with Crippen molar-refractivity contribution >= 4 is 47.8 Å². The van der Waals surface area contributed by atoms with Crippen LogP contribution < -0.4 is 258 Å². The van der Waals surface area contributed by atoms with Gasteiger partial charge in [0.15, 0.2) is 46.0 Å². The summed E-state index contributed by atoms with van der Waals surface area (Å²) < 4.78 is 87.9. The number of rotatable bonds is 18. The summed E-state index contributed by atoms with van der Waals surface area (Å²) in [5.74, 6) is 0.300. The first-order valence-corrected chi connectivity index (χ1v) is 20.6. The molecule has 20 nitrogen and oxygen atoms in total.